The Hall–Kier alpha value is -2.26. The molecule has 3 heteroatoms. The normalized spacial score (nSPS) is 13.3. The van der Waals surface area contributed by atoms with Crippen molar-refractivity contribution in [3.05, 3.63) is 88.0 Å². The lowest BCUT2D eigenvalue weighted by atomic mass is 9.99. The second kappa shape index (κ2) is 29.9. The number of aryl methyl sites for hydroxylation is 1. The molecule has 0 atom stereocenters. The van der Waals surface area contributed by atoms with Gasteiger partial charge in [0, 0.05) is 22.8 Å². The van der Waals surface area contributed by atoms with E-state index >= 15 is 0 Å². The van der Waals surface area contributed by atoms with Gasteiger partial charge in [-0.2, -0.15) is 0 Å². The van der Waals surface area contributed by atoms with Crippen LogP contribution in [0.2, 0.25) is 18.1 Å². The molecule has 0 aromatic heterocycles. The predicted octanol–water partition coefficient (Wildman–Crippen LogP) is 18.2. The molecule has 0 amide bonds. The summed E-state index contributed by atoms with van der Waals surface area (Å²) in [5.41, 5.74) is 20.0. The molecular weight excluding hydrogens is 693 g/mol. The highest BCUT2D eigenvalue weighted by Crippen LogP contribution is 2.38. The molecule has 2 aromatic carbocycles. The van der Waals surface area contributed by atoms with Crippen LogP contribution in [-0.4, -0.2) is 12.8 Å². The average molecular weight is 781 g/mol. The third-order valence-corrected chi connectivity index (χ3v) is 19.1. The smallest absolute Gasteiger partial charge is 0.210 e. The summed E-state index contributed by atoms with van der Waals surface area (Å²) < 4.78 is 1.50. The summed E-state index contributed by atoms with van der Waals surface area (Å²) in [5.74, 6) is 0. The topological polar surface area (TPSA) is 25.3 Å². The van der Waals surface area contributed by atoms with Gasteiger partial charge in [-0.25, -0.2) is 4.70 Å². The number of allylic oxidation sites excluding steroid dienone is 2. The first-order valence-electron chi connectivity index (χ1n) is 24.6. The van der Waals surface area contributed by atoms with Crippen LogP contribution in [0.4, 0.5) is 0 Å². The van der Waals surface area contributed by atoms with E-state index in [1.165, 1.54) is 213 Å². The van der Waals surface area contributed by atoms with E-state index < -0.39 is 8.07 Å². The molecule has 1 heterocycles. The number of nitrogens with zero attached hydrogens (tertiary/aromatic N) is 2. The van der Waals surface area contributed by atoms with Crippen LogP contribution in [0, 0.1) is 0 Å². The molecule has 2 aromatic rings. The first kappa shape index (κ1) is 48.1. The van der Waals surface area contributed by atoms with Crippen LogP contribution in [0.5, 0.6) is 0 Å². The van der Waals surface area contributed by atoms with E-state index in [9.17, 15) is 5.53 Å². The molecule has 1 aliphatic heterocycles. The van der Waals surface area contributed by atoms with Crippen molar-refractivity contribution in [2.75, 3.05) is 0 Å². The molecule has 0 spiro atoms. The van der Waals surface area contributed by atoms with Gasteiger partial charge >= 0.3 is 0 Å². The molecular formula is C53H88N2Si. The SMILES string of the molecule is CCCCCCCCCCCCCCCCCCCCCCCCCC1=C(c2ccc(CCCCC)cc2)[N+](=[N-])C(c2ccc(C[Si](CC)(CC)CC)cc2)=C1. The molecule has 0 aliphatic carbocycles. The van der Waals surface area contributed by atoms with Crippen molar-refractivity contribution in [2.45, 2.75) is 239 Å². The fraction of sp³-hybridized carbons (Fsp3) is 0.698. The number of hydrogen-bond acceptors (Lipinski definition) is 0. The summed E-state index contributed by atoms with van der Waals surface area (Å²) in [6.07, 6.45) is 40.8. The van der Waals surface area contributed by atoms with Crippen molar-refractivity contribution >= 4 is 19.5 Å². The Labute approximate surface area is 349 Å². The largest absolute Gasteiger partial charge is 0.493 e. The summed E-state index contributed by atoms with van der Waals surface area (Å²) in [4.78, 5) is 0. The van der Waals surface area contributed by atoms with Gasteiger partial charge in [-0.1, -0.05) is 237 Å². The maximum Gasteiger partial charge on any atom is 0.210 e. The Kier molecular flexibility index (Phi) is 25.7. The van der Waals surface area contributed by atoms with E-state index in [-0.39, 0.29) is 0 Å². The van der Waals surface area contributed by atoms with E-state index in [4.69, 9.17) is 0 Å². The Morgan fingerprint density at radius 3 is 1.20 bits per heavy atom. The molecule has 0 fully saturated rings. The summed E-state index contributed by atoms with van der Waals surface area (Å²) in [7, 11) is -1.23. The van der Waals surface area contributed by atoms with Crippen LogP contribution in [0.1, 0.15) is 230 Å². The fourth-order valence-electron chi connectivity index (χ4n) is 9.12. The first-order chi connectivity index (χ1) is 27.5. The molecule has 0 saturated carbocycles. The third kappa shape index (κ3) is 18.1. The molecule has 1 aliphatic rings. The quantitative estimate of drug-likeness (QED) is 0.0378. The molecule has 56 heavy (non-hydrogen) atoms. The molecule has 3 rings (SSSR count). The molecule has 0 radical (unpaired) electrons. The highest BCUT2D eigenvalue weighted by atomic mass is 28.3. The van der Waals surface area contributed by atoms with Gasteiger partial charge in [0.15, 0.2) is 0 Å². The summed E-state index contributed by atoms with van der Waals surface area (Å²) in [6.45, 7) is 11.8. The van der Waals surface area contributed by atoms with Gasteiger partial charge < -0.3 is 5.53 Å². The van der Waals surface area contributed by atoms with Gasteiger partial charge in [-0.3, -0.25) is 0 Å². The summed E-state index contributed by atoms with van der Waals surface area (Å²) >= 11 is 0. The molecule has 314 valence electrons. The maximum atomic E-state index is 11.7. The van der Waals surface area contributed by atoms with Crippen LogP contribution in [0.3, 0.4) is 0 Å². The molecule has 0 bridgehead atoms. The van der Waals surface area contributed by atoms with Crippen molar-refractivity contribution in [3.8, 4) is 0 Å². The standard InChI is InChI=1S/C53H88N2Si/c1-6-11-13-14-15-16-17-18-19-20-21-22-23-24-25-26-27-28-29-30-31-32-34-36-51-45-52(49-41-39-48(40-42-49)46-56(8-3,9-4)10-5)55(54)53(51)50-43-37-47(38-44-50)35-33-12-7-2/h37-45H,6-36,46H2,1-5H3. The molecule has 0 saturated heterocycles. The average Bonchev–Trinajstić information content (AvgIpc) is 3.56. The van der Waals surface area contributed by atoms with Crippen molar-refractivity contribution in [2.24, 2.45) is 0 Å². The third-order valence-electron chi connectivity index (χ3n) is 13.5. The van der Waals surface area contributed by atoms with Crippen molar-refractivity contribution in [1.29, 1.82) is 0 Å². The van der Waals surface area contributed by atoms with Gasteiger partial charge in [0.25, 0.3) is 0 Å². The zero-order valence-electron chi connectivity index (χ0n) is 37.7. The minimum atomic E-state index is -1.23. The lowest BCUT2D eigenvalue weighted by Crippen LogP contribution is -2.34. The molecule has 2 nitrogen and oxygen atoms in total. The van der Waals surface area contributed by atoms with Crippen LogP contribution >= 0.6 is 0 Å². The van der Waals surface area contributed by atoms with Gasteiger partial charge in [-0.05, 0) is 61.6 Å². The number of unbranched alkanes of at least 4 members (excludes halogenated alkanes) is 24. The Bertz CT molecular complexity index is 1360. The highest BCUT2D eigenvalue weighted by molar-refractivity contribution is 6.79. The zero-order chi connectivity index (χ0) is 40.1. The van der Waals surface area contributed by atoms with Crippen molar-refractivity contribution in [1.82, 2.24) is 0 Å². The number of benzene rings is 2. The Morgan fingerprint density at radius 2 is 0.768 bits per heavy atom. The maximum absolute atomic E-state index is 11.7. The lowest BCUT2D eigenvalue weighted by Gasteiger charge is -2.28. The van der Waals surface area contributed by atoms with E-state index in [2.05, 4.69) is 89.2 Å². The second-order valence-electron chi connectivity index (χ2n) is 17.8. The molecule has 0 N–H and O–H groups in total. The Morgan fingerprint density at radius 1 is 0.411 bits per heavy atom. The number of hydrogen-bond donors (Lipinski definition) is 0. The van der Waals surface area contributed by atoms with Crippen molar-refractivity contribution in [3.63, 3.8) is 0 Å². The van der Waals surface area contributed by atoms with Gasteiger partial charge in [0.2, 0.25) is 11.4 Å². The zero-order valence-corrected chi connectivity index (χ0v) is 38.7. The minimum absolute atomic E-state index is 0.924. The van der Waals surface area contributed by atoms with E-state index in [0.29, 0.717) is 0 Å². The molecule has 0 unspecified atom stereocenters. The summed E-state index contributed by atoms with van der Waals surface area (Å²) in [6, 6.07) is 23.5. The highest BCUT2D eigenvalue weighted by Gasteiger charge is 2.30. The summed E-state index contributed by atoms with van der Waals surface area (Å²) in [5, 5.41) is 0. The van der Waals surface area contributed by atoms with Crippen LogP contribution < -0.4 is 0 Å². The van der Waals surface area contributed by atoms with Gasteiger partial charge in [0.05, 0.1) is 8.07 Å². The van der Waals surface area contributed by atoms with Gasteiger partial charge in [-0.15, -0.1) is 0 Å². The lowest BCUT2D eigenvalue weighted by molar-refractivity contribution is -0.344. The monoisotopic (exact) mass is 781 g/mol. The van der Waals surface area contributed by atoms with E-state index in [1.807, 2.05) is 0 Å². The Balaban J connectivity index is 1.36. The number of rotatable bonds is 35. The first-order valence-corrected chi connectivity index (χ1v) is 27.5. The van der Waals surface area contributed by atoms with E-state index in [1.54, 1.807) is 0 Å². The van der Waals surface area contributed by atoms with Crippen LogP contribution in [0.25, 0.3) is 16.9 Å². The van der Waals surface area contributed by atoms with E-state index in [0.717, 1.165) is 35.4 Å². The van der Waals surface area contributed by atoms with Crippen LogP contribution in [-0.2, 0) is 12.5 Å². The van der Waals surface area contributed by atoms with Crippen molar-refractivity contribution < 1.29 is 4.70 Å². The predicted molar refractivity (Wildman–Crippen MR) is 252 cm³/mol. The van der Waals surface area contributed by atoms with Crippen LogP contribution in [0.15, 0.2) is 60.2 Å². The second-order valence-corrected chi connectivity index (χ2v) is 23.3. The van der Waals surface area contributed by atoms with Gasteiger partial charge in [0.1, 0.15) is 0 Å². The minimum Gasteiger partial charge on any atom is -0.493 e. The fourth-order valence-corrected chi connectivity index (χ4v) is 12.5.